The average molecular weight is 504 g/mol. The summed E-state index contributed by atoms with van der Waals surface area (Å²) in [4.78, 5) is 16.9. The molecule has 2 aromatic heterocycles. The molecule has 1 unspecified atom stereocenters. The van der Waals surface area contributed by atoms with Crippen LogP contribution in [-0.2, 0) is 11.0 Å². The normalized spacial score (nSPS) is 11.8. The third kappa shape index (κ3) is 5.77. The highest BCUT2D eigenvalue weighted by Gasteiger charge is 2.39. The molecule has 0 aliphatic carbocycles. The zero-order chi connectivity index (χ0) is 26.5. The van der Waals surface area contributed by atoms with Gasteiger partial charge in [0.1, 0.15) is 29.2 Å². The predicted octanol–water partition coefficient (Wildman–Crippen LogP) is 4.97. The molecule has 0 saturated carbocycles. The SMILES string of the molecule is COc1cc(-c2ccc(F)cc2)cc2c(NC(C)c3ccc(C(F)(F)F)[n+]([O-])c3)ncnc12.O=CO. The Kier molecular flexibility index (Phi) is 7.87. The minimum Gasteiger partial charge on any atom is -0.618 e. The Morgan fingerprint density at radius 1 is 1.11 bits per heavy atom. The van der Waals surface area contributed by atoms with Crippen LogP contribution in [0.15, 0.2) is 61.1 Å². The summed E-state index contributed by atoms with van der Waals surface area (Å²) in [5.74, 6) is 0.502. The number of methoxy groups -OCH3 is 1. The zero-order valence-corrected chi connectivity index (χ0v) is 19.0. The summed E-state index contributed by atoms with van der Waals surface area (Å²) in [7, 11) is 1.50. The van der Waals surface area contributed by atoms with Gasteiger partial charge in [-0.3, -0.25) is 4.79 Å². The number of ether oxygens (including phenoxy) is 1. The summed E-state index contributed by atoms with van der Waals surface area (Å²) >= 11 is 0. The topological polar surface area (TPSA) is 111 Å². The van der Waals surface area contributed by atoms with Crippen molar-refractivity contribution < 1.29 is 36.9 Å². The lowest BCUT2D eigenvalue weighted by Crippen LogP contribution is -2.37. The largest absolute Gasteiger partial charge is 0.618 e. The van der Waals surface area contributed by atoms with E-state index in [9.17, 15) is 22.8 Å². The molecule has 12 heteroatoms. The van der Waals surface area contributed by atoms with Crippen molar-refractivity contribution in [1.82, 2.24) is 9.97 Å². The van der Waals surface area contributed by atoms with Gasteiger partial charge < -0.3 is 20.4 Å². The summed E-state index contributed by atoms with van der Waals surface area (Å²) in [6.45, 7) is 1.44. The summed E-state index contributed by atoms with van der Waals surface area (Å²) in [5, 5.41) is 22.5. The molecule has 2 heterocycles. The van der Waals surface area contributed by atoms with Gasteiger partial charge in [0.2, 0.25) is 0 Å². The van der Waals surface area contributed by atoms with Gasteiger partial charge in [-0.25, -0.2) is 14.4 Å². The molecule has 0 aliphatic rings. The van der Waals surface area contributed by atoms with E-state index in [1.165, 1.54) is 31.6 Å². The number of pyridine rings is 1. The molecule has 36 heavy (non-hydrogen) atoms. The number of rotatable bonds is 5. The number of nitrogens with zero attached hydrogens (tertiary/aromatic N) is 3. The molecule has 1 atom stereocenters. The molecule has 0 spiro atoms. The first kappa shape index (κ1) is 26.1. The number of anilines is 1. The molecular formula is C24H20F4N4O4. The van der Waals surface area contributed by atoms with Crippen LogP contribution in [0.2, 0.25) is 0 Å². The van der Waals surface area contributed by atoms with E-state index in [1.54, 1.807) is 31.2 Å². The van der Waals surface area contributed by atoms with Crippen LogP contribution in [-0.4, -0.2) is 28.7 Å². The quantitative estimate of drug-likeness (QED) is 0.171. The second-order valence-electron chi connectivity index (χ2n) is 7.45. The van der Waals surface area contributed by atoms with Crippen LogP contribution in [0.3, 0.4) is 0 Å². The highest BCUT2D eigenvalue weighted by atomic mass is 19.4. The Hall–Kier alpha value is -4.48. The number of benzene rings is 2. The van der Waals surface area contributed by atoms with Crippen molar-refractivity contribution in [3.05, 3.63) is 83.3 Å². The zero-order valence-electron chi connectivity index (χ0n) is 19.0. The summed E-state index contributed by atoms with van der Waals surface area (Å²) in [6.07, 6.45) is -2.53. The molecule has 0 aliphatic heterocycles. The summed E-state index contributed by atoms with van der Waals surface area (Å²) < 4.78 is 57.3. The fourth-order valence-electron chi connectivity index (χ4n) is 3.48. The Morgan fingerprint density at radius 2 is 1.78 bits per heavy atom. The van der Waals surface area contributed by atoms with E-state index in [0.29, 0.717) is 28.0 Å². The van der Waals surface area contributed by atoms with Gasteiger partial charge in [0, 0.05) is 17.0 Å². The van der Waals surface area contributed by atoms with Gasteiger partial charge in [0.15, 0.2) is 6.20 Å². The number of nitrogens with one attached hydrogen (secondary N) is 1. The Balaban J connectivity index is 0.00000115. The van der Waals surface area contributed by atoms with Crippen LogP contribution < -0.4 is 14.8 Å². The smallest absolute Gasteiger partial charge is 0.478 e. The third-order valence-electron chi connectivity index (χ3n) is 5.18. The van der Waals surface area contributed by atoms with Crippen LogP contribution in [0.5, 0.6) is 5.75 Å². The standard InChI is InChI=1S/C23H18F4N4O2.CH2O2/c1-13(15-5-8-20(23(25,26)27)31(32)11-15)30-22-18-9-16(14-3-6-17(24)7-4-14)10-19(33-2)21(18)28-12-29-22;2-1-3/h3-13H,1-2H3,(H,28,29,30);1H,(H,2,3). The molecule has 4 aromatic rings. The Morgan fingerprint density at radius 3 is 2.36 bits per heavy atom. The molecule has 0 saturated heterocycles. The van der Waals surface area contributed by atoms with Gasteiger partial charge in [-0.15, -0.1) is 0 Å². The lowest BCUT2D eigenvalue weighted by atomic mass is 10.0. The first-order chi connectivity index (χ1) is 17.1. The van der Waals surface area contributed by atoms with Crippen LogP contribution in [0.25, 0.3) is 22.0 Å². The maximum absolute atomic E-state index is 13.3. The van der Waals surface area contributed by atoms with E-state index in [4.69, 9.17) is 14.6 Å². The number of carboxylic acid groups (broad SMARTS) is 1. The molecule has 0 fully saturated rings. The van der Waals surface area contributed by atoms with Gasteiger partial charge in [0.25, 0.3) is 12.2 Å². The van der Waals surface area contributed by atoms with Gasteiger partial charge in [-0.1, -0.05) is 12.1 Å². The fourth-order valence-corrected chi connectivity index (χ4v) is 3.48. The molecule has 8 nitrogen and oxygen atoms in total. The van der Waals surface area contributed by atoms with E-state index >= 15 is 0 Å². The van der Waals surface area contributed by atoms with E-state index in [0.717, 1.165) is 23.4 Å². The van der Waals surface area contributed by atoms with Crippen LogP contribution in [0.1, 0.15) is 24.2 Å². The molecule has 4 rings (SSSR count). The Labute approximate surface area is 202 Å². The monoisotopic (exact) mass is 504 g/mol. The minimum atomic E-state index is -4.74. The summed E-state index contributed by atoms with van der Waals surface area (Å²) in [5.41, 5.74) is 1.04. The van der Waals surface area contributed by atoms with Crippen LogP contribution >= 0.6 is 0 Å². The van der Waals surface area contributed by atoms with E-state index in [2.05, 4.69) is 15.3 Å². The number of halogens is 4. The van der Waals surface area contributed by atoms with E-state index < -0.39 is 17.9 Å². The first-order valence-electron chi connectivity index (χ1n) is 10.3. The highest BCUT2D eigenvalue weighted by Crippen LogP contribution is 2.35. The lowest BCUT2D eigenvalue weighted by Gasteiger charge is -2.18. The van der Waals surface area contributed by atoms with Crippen molar-refractivity contribution in [3.63, 3.8) is 0 Å². The van der Waals surface area contributed by atoms with Crippen molar-refractivity contribution in [2.24, 2.45) is 0 Å². The maximum Gasteiger partial charge on any atom is 0.478 e. The number of carbonyl (C=O) groups is 1. The average Bonchev–Trinajstić information content (AvgIpc) is 2.83. The fraction of sp³-hybridized carbons (Fsp3) is 0.167. The molecule has 188 valence electrons. The number of alkyl halides is 3. The number of fused-ring (bicyclic) bond motifs is 1. The maximum atomic E-state index is 13.3. The van der Waals surface area contributed by atoms with Gasteiger partial charge in [-0.05, 0) is 48.4 Å². The van der Waals surface area contributed by atoms with Crippen molar-refractivity contribution in [3.8, 4) is 16.9 Å². The molecule has 2 aromatic carbocycles. The second-order valence-corrected chi connectivity index (χ2v) is 7.45. The number of hydrogen-bond donors (Lipinski definition) is 2. The predicted molar refractivity (Wildman–Crippen MR) is 123 cm³/mol. The first-order valence-corrected chi connectivity index (χ1v) is 10.3. The lowest BCUT2D eigenvalue weighted by molar-refractivity contribution is -0.629. The van der Waals surface area contributed by atoms with Gasteiger partial charge in [0.05, 0.1) is 13.2 Å². The molecule has 2 N–H and O–H groups in total. The number of aromatic nitrogens is 3. The minimum absolute atomic E-state index is 0.193. The van der Waals surface area contributed by atoms with Gasteiger partial charge in [-0.2, -0.15) is 17.9 Å². The van der Waals surface area contributed by atoms with Crippen molar-refractivity contribution in [2.45, 2.75) is 19.1 Å². The Bertz CT molecular complexity index is 1370. The molecule has 0 amide bonds. The van der Waals surface area contributed by atoms with E-state index in [-0.39, 0.29) is 17.0 Å². The molecule has 0 radical (unpaired) electrons. The van der Waals surface area contributed by atoms with E-state index in [1.807, 2.05) is 0 Å². The second kappa shape index (κ2) is 10.8. The van der Waals surface area contributed by atoms with Crippen molar-refractivity contribution in [1.29, 1.82) is 0 Å². The third-order valence-corrected chi connectivity index (χ3v) is 5.18. The molecular weight excluding hydrogens is 484 g/mol. The highest BCUT2D eigenvalue weighted by molar-refractivity contribution is 5.96. The van der Waals surface area contributed by atoms with Crippen molar-refractivity contribution in [2.75, 3.05) is 12.4 Å². The van der Waals surface area contributed by atoms with Crippen molar-refractivity contribution >= 4 is 23.2 Å². The van der Waals surface area contributed by atoms with Crippen LogP contribution in [0.4, 0.5) is 23.4 Å². The summed E-state index contributed by atoms with van der Waals surface area (Å²) in [6, 6.07) is 11.0. The number of hydrogen-bond acceptors (Lipinski definition) is 6. The molecule has 0 bridgehead atoms. The van der Waals surface area contributed by atoms with Crippen LogP contribution in [0, 0.1) is 11.0 Å². The van der Waals surface area contributed by atoms with Gasteiger partial charge >= 0.3 is 6.18 Å².